The fraction of sp³-hybridized carbons (Fsp3) is 0.462. The van der Waals surface area contributed by atoms with Gasteiger partial charge in [-0.25, -0.2) is 0 Å². The summed E-state index contributed by atoms with van der Waals surface area (Å²) in [6.45, 7) is 1.30. The van der Waals surface area contributed by atoms with Gasteiger partial charge >= 0.3 is 0 Å². The molecule has 3 heteroatoms. The fourth-order valence-electron chi connectivity index (χ4n) is 1.77. The third-order valence-corrected chi connectivity index (χ3v) is 2.81. The second kappa shape index (κ2) is 5.12. The van der Waals surface area contributed by atoms with Crippen LogP contribution in [0.3, 0.4) is 0 Å². The molecule has 0 aliphatic heterocycles. The summed E-state index contributed by atoms with van der Waals surface area (Å²) in [6.07, 6.45) is 2.25. The van der Waals surface area contributed by atoms with Crippen LogP contribution < -0.4 is 0 Å². The van der Waals surface area contributed by atoms with E-state index in [1.54, 1.807) is 7.11 Å². The van der Waals surface area contributed by atoms with Gasteiger partial charge in [0.2, 0.25) is 0 Å². The molecule has 3 nitrogen and oxygen atoms in total. The minimum atomic E-state index is 0.125. The molecule has 1 amide bonds. The molecular formula is C13H17NO2. The highest BCUT2D eigenvalue weighted by molar-refractivity contribution is 5.94. The first-order chi connectivity index (χ1) is 7.83. The topological polar surface area (TPSA) is 29.5 Å². The number of nitrogens with zero attached hydrogens (tertiary/aromatic N) is 1. The van der Waals surface area contributed by atoms with Gasteiger partial charge < -0.3 is 9.64 Å². The third kappa shape index (κ3) is 2.61. The first kappa shape index (κ1) is 11.1. The molecule has 0 unspecified atom stereocenters. The van der Waals surface area contributed by atoms with Crippen molar-refractivity contribution in [2.75, 3.05) is 20.3 Å². The molecule has 1 aliphatic carbocycles. The molecule has 0 radical (unpaired) electrons. The highest BCUT2D eigenvalue weighted by atomic mass is 16.5. The van der Waals surface area contributed by atoms with E-state index >= 15 is 0 Å². The Morgan fingerprint density at radius 2 is 2.06 bits per heavy atom. The summed E-state index contributed by atoms with van der Waals surface area (Å²) in [5.74, 6) is 0.125. The first-order valence-electron chi connectivity index (χ1n) is 5.68. The molecule has 2 rings (SSSR count). The van der Waals surface area contributed by atoms with Gasteiger partial charge in [-0.05, 0) is 25.0 Å². The monoisotopic (exact) mass is 219 g/mol. The van der Waals surface area contributed by atoms with Crippen LogP contribution in [0, 0.1) is 0 Å². The van der Waals surface area contributed by atoms with E-state index in [0.29, 0.717) is 19.2 Å². The number of methoxy groups -OCH3 is 1. The van der Waals surface area contributed by atoms with E-state index in [9.17, 15) is 4.79 Å². The van der Waals surface area contributed by atoms with Crippen molar-refractivity contribution in [3.05, 3.63) is 35.9 Å². The molecule has 0 N–H and O–H groups in total. The van der Waals surface area contributed by atoms with Crippen LogP contribution in [0.25, 0.3) is 0 Å². The van der Waals surface area contributed by atoms with Gasteiger partial charge in [-0.15, -0.1) is 0 Å². The average Bonchev–Trinajstić information content (AvgIpc) is 3.15. The number of hydrogen-bond acceptors (Lipinski definition) is 2. The molecule has 0 atom stereocenters. The predicted octanol–water partition coefficient (Wildman–Crippen LogP) is 1.94. The number of hydrogen-bond donors (Lipinski definition) is 0. The van der Waals surface area contributed by atoms with Crippen molar-refractivity contribution in [2.45, 2.75) is 18.9 Å². The Bertz CT molecular complexity index is 346. The quantitative estimate of drug-likeness (QED) is 0.757. The Hall–Kier alpha value is -1.35. The summed E-state index contributed by atoms with van der Waals surface area (Å²) >= 11 is 0. The highest BCUT2D eigenvalue weighted by Crippen LogP contribution is 2.27. The van der Waals surface area contributed by atoms with Crippen LogP contribution in [0.1, 0.15) is 23.2 Å². The molecule has 0 saturated heterocycles. The molecule has 0 aromatic heterocycles. The van der Waals surface area contributed by atoms with Crippen LogP contribution >= 0.6 is 0 Å². The Kier molecular flexibility index (Phi) is 3.57. The first-order valence-corrected chi connectivity index (χ1v) is 5.68. The number of amides is 1. The summed E-state index contributed by atoms with van der Waals surface area (Å²) in [6, 6.07) is 9.88. The standard InChI is InChI=1S/C13H17NO2/c1-16-10-9-14(12-7-8-12)13(15)11-5-3-2-4-6-11/h2-6,12H,7-10H2,1H3. The average molecular weight is 219 g/mol. The van der Waals surface area contributed by atoms with Gasteiger partial charge in [0.25, 0.3) is 5.91 Å². The molecular weight excluding hydrogens is 202 g/mol. The van der Waals surface area contributed by atoms with Gasteiger partial charge in [-0.1, -0.05) is 18.2 Å². The van der Waals surface area contributed by atoms with E-state index in [1.165, 1.54) is 0 Å². The minimum absolute atomic E-state index is 0.125. The largest absolute Gasteiger partial charge is 0.383 e. The smallest absolute Gasteiger partial charge is 0.254 e. The van der Waals surface area contributed by atoms with Crippen molar-refractivity contribution in [3.63, 3.8) is 0 Å². The number of ether oxygens (including phenoxy) is 1. The summed E-state index contributed by atoms with van der Waals surface area (Å²) in [7, 11) is 1.66. The van der Waals surface area contributed by atoms with Gasteiger partial charge in [0, 0.05) is 25.3 Å². The van der Waals surface area contributed by atoms with Crippen LogP contribution in [0.5, 0.6) is 0 Å². The summed E-state index contributed by atoms with van der Waals surface area (Å²) in [4.78, 5) is 14.1. The second-order valence-corrected chi connectivity index (χ2v) is 4.09. The van der Waals surface area contributed by atoms with E-state index in [-0.39, 0.29) is 5.91 Å². The molecule has 1 saturated carbocycles. The van der Waals surface area contributed by atoms with Crippen LogP contribution in [0.15, 0.2) is 30.3 Å². The Morgan fingerprint density at radius 1 is 1.38 bits per heavy atom. The number of carbonyl (C=O) groups is 1. The van der Waals surface area contributed by atoms with Gasteiger partial charge in [0.05, 0.1) is 6.61 Å². The lowest BCUT2D eigenvalue weighted by atomic mass is 10.2. The van der Waals surface area contributed by atoms with Crippen molar-refractivity contribution >= 4 is 5.91 Å². The lowest BCUT2D eigenvalue weighted by Crippen LogP contribution is -2.35. The van der Waals surface area contributed by atoms with E-state index in [2.05, 4.69) is 0 Å². The van der Waals surface area contributed by atoms with Gasteiger partial charge in [0.15, 0.2) is 0 Å². The number of carbonyl (C=O) groups excluding carboxylic acids is 1. The van der Waals surface area contributed by atoms with Gasteiger partial charge in [-0.2, -0.15) is 0 Å². The number of rotatable bonds is 5. The molecule has 86 valence electrons. The molecule has 1 fully saturated rings. The van der Waals surface area contributed by atoms with E-state index < -0.39 is 0 Å². The lowest BCUT2D eigenvalue weighted by Gasteiger charge is -2.22. The predicted molar refractivity (Wildman–Crippen MR) is 62.4 cm³/mol. The molecule has 0 bridgehead atoms. The summed E-state index contributed by atoms with van der Waals surface area (Å²) < 4.78 is 5.04. The lowest BCUT2D eigenvalue weighted by molar-refractivity contribution is 0.0680. The van der Waals surface area contributed by atoms with Crippen molar-refractivity contribution in [1.29, 1.82) is 0 Å². The Balaban J connectivity index is 2.05. The normalized spacial score (nSPS) is 14.8. The molecule has 1 aliphatic rings. The van der Waals surface area contributed by atoms with Crippen molar-refractivity contribution in [1.82, 2.24) is 4.90 Å². The maximum Gasteiger partial charge on any atom is 0.254 e. The minimum Gasteiger partial charge on any atom is -0.383 e. The van der Waals surface area contributed by atoms with E-state index in [0.717, 1.165) is 18.4 Å². The zero-order valence-corrected chi connectivity index (χ0v) is 9.56. The van der Waals surface area contributed by atoms with Crippen molar-refractivity contribution < 1.29 is 9.53 Å². The maximum atomic E-state index is 12.2. The zero-order valence-electron chi connectivity index (χ0n) is 9.56. The van der Waals surface area contributed by atoms with E-state index in [1.807, 2.05) is 35.2 Å². The van der Waals surface area contributed by atoms with Crippen LogP contribution in [-0.2, 0) is 4.74 Å². The summed E-state index contributed by atoms with van der Waals surface area (Å²) in [5.41, 5.74) is 0.769. The second-order valence-electron chi connectivity index (χ2n) is 4.09. The molecule has 1 aromatic rings. The fourth-order valence-corrected chi connectivity index (χ4v) is 1.77. The molecule has 0 heterocycles. The summed E-state index contributed by atoms with van der Waals surface area (Å²) in [5, 5.41) is 0. The van der Waals surface area contributed by atoms with E-state index in [4.69, 9.17) is 4.74 Å². The van der Waals surface area contributed by atoms with Gasteiger partial charge in [-0.3, -0.25) is 4.79 Å². The SMILES string of the molecule is COCCN(C(=O)c1ccccc1)C1CC1. The number of benzene rings is 1. The van der Waals surface area contributed by atoms with Crippen LogP contribution in [0.4, 0.5) is 0 Å². The van der Waals surface area contributed by atoms with Crippen molar-refractivity contribution in [3.8, 4) is 0 Å². The molecule has 0 spiro atoms. The molecule has 16 heavy (non-hydrogen) atoms. The van der Waals surface area contributed by atoms with Gasteiger partial charge in [0.1, 0.15) is 0 Å². The third-order valence-electron chi connectivity index (χ3n) is 2.81. The van der Waals surface area contributed by atoms with Crippen molar-refractivity contribution in [2.24, 2.45) is 0 Å². The Labute approximate surface area is 96.0 Å². The highest BCUT2D eigenvalue weighted by Gasteiger charge is 2.32. The van der Waals surface area contributed by atoms with Crippen LogP contribution in [-0.4, -0.2) is 37.1 Å². The zero-order chi connectivity index (χ0) is 11.4. The van der Waals surface area contributed by atoms with Crippen LogP contribution in [0.2, 0.25) is 0 Å². The Morgan fingerprint density at radius 3 is 2.62 bits per heavy atom. The molecule has 1 aromatic carbocycles. The maximum absolute atomic E-state index is 12.2.